The van der Waals surface area contributed by atoms with Gasteiger partial charge in [0, 0.05) is 21.7 Å². The van der Waals surface area contributed by atoms with E-state index in [0.29, 0.717) is 6.04 Å². The normalized spacial score (nSPS) is 20.0. The first-order chi connectivity index (χ1) is 8.70. The van der Waals surface area contributed by atoms with Gasteiger partial charge in [0.05, 0.1) is 0 Å². The number of benzene rings is 1. The van der Waals surface area contributed by atoms with E-state index in [1.54, 1.807) is 0 Å². The van der Waals surface area contributed by atoms with Crippen LogP contribution in [0.5, 0.6) is 0 Å². The van der Waals surface area contributed by atoms with Gasteiger partial charge in [-0.25, -0.2) is 0 Å². The molecule has 0 radical (unpaired) electrons. The minimum absolute atomic E-state index is 0.0384. The van der Waals surface area contributed by atoms with Crippen LogP contribution in [-0.2, 0) is 0 Å². The van der Waals surface area contributed by atoms with Crippen LogP contribution in [0.4, 0.5) is 0 Å². The second kappa shape index (κ2) is 6.52. The molecule has 1 fully saturated rings. The third-order valence-corrected chi connectivity index (χ3v) is 4.16. The lowest BCUT2D eigenvalue weighted by molar-refractivity contribution is 0.0941. The first-order valence-electron chi connectivity index (χ1n) is 6.48. The lowest BCUT2D eigenvalue weighted by Crippen LogP contribution is -2.40. The van der Waals surface area contributed by atoms with Crippen molar-refractivity contribution in [2.75, 3.05) is 19.6 Å². The van der Waals surface area contributed by atoms with Crippen LogP contribution in [0.15, 0.2) is 24.3 Å². The van der Waals surface area contributed by atoms with E-state index in [9.17, 15) is 4.79 Å². The summed E-state index contributed by atoms with van der Waals surface area (Å²) in [5.74, 6) is 0.0384. The first kappa shape index (κ1) is 13.8. The van der Waals surface area contributed by atoms with Crippen LogP contribution in [0.3, 0.4) is 0 Å². The van der Waals surface area contributed by atoms with E-state index in [-0.39, 0.29) is 5.91 Å². The maximum atomic E-state index is 12.0. The van der Waals surface area contributed by atoms with Crippen LogP contribution in [-0.4, -0.2) is 36.5 Å². The third-order valence-electron chi connectivity index (χ3n) is 3.49. The molecule has 3 nitrogen and oxygen atoms in total. The van der Waals surface area contributed by atoms with Gasteiger partial charge >= 0.3 is 0 Å². The van der Waals surface area contributed by atoms with Crippen molar-refractivity contribution in [1.82, 2.24) is 10.2 Å². The minimum Gasteiger partial charge on any atom is -0.350 e. The largest absolute Gasteiger partial charge is 0.350 e. The average molecular weight is 358 g/mol. The van der Waals surface area contributed by atoms with E-state index in [4.69, 9.17) is 0 Å². The Kier molecular flexibility index (Phi) is 5.00. The fraction of sp³-hybridized carbons (Fsp3) is 0.500. The highest BCUT2D eigenvalue weighted by molar-refractivity contribution is 14.1. The topological polar surface area (TPSA) is 32.3 Å². The van der Waals surface area contributed by atoms with Gasteiger partial charge in [-0.3, -0.25) is 9.69 Å². The minimum atomic E-state index is 0.0384. The summed E-state index contributed by atoms with van der Waals surface area (Å²) in [4.78, 5) is 14.5. The maximum Gasteiger partial charge on any atom is 0.251 e. The van der Waals surface area contributed by atoms with E-state index in [2.05, 4.69) is 39.7 Å². The number of nitrogens with zero attached hydrogens (tertiary/aromatic N) is 1. The molecule has 0 aliphatic carbocycles. The summed E-state index contributed by atoms with van der Waals surface area (Å²) in [6.07, 6.45) is 2.44. The summed E-state index contributed by atoms with van der Waals surface area (Å²) in [5.41, 5.74) is 0.753. The zero-order valence-corrected chi connectivity index (χ0v) is 12.8. The Labute approximate surface area is 122 Å². The quantitative estimate of drug-likeness (QED) is 0.839. The highest BCUT2D eigenvalue weighted by Gasteiger charge is 2.23. The van der Waals surface area contributed by atoms with Crippen molar-refractivity contribution in [3.05, 3.63) is 33.4 Å². The van der Waals surface area contributed by atoms with Crippen molar-refractivity contribution in [3.63, 3.8) is 0 Å². The van der Waals surface area contributed by atoms with E-state index in [0.717, 1.165) is 22.2 Å². The van der Waals surface area contributed by atoms with Gasteiger partial charge in [-0.2, -0.15) is 0 Å². The Morgan fingerprint density at radius 2 is 2.39 bits per heavy atom. The smallest absolute Gasteiger partial charge is 0.251 e. The second-order valence-corrected chi connectivity index (χ2v) is 5.89. The van der Waals surface area contributed by atoms with E-state index in [1.807, 2.05) is 24.3 Å². The molecule has 1 saturated heterocycles. The molecule has 0 aromatic heterocycles. The Morgan fingerprint density at radius 1 is 1.56 bits per heavy atom. The Bertz CT molecular complexity index is 422. The fourth-order valence-corrected chi connectivity index (χ4v) is 3.03. The standard InChI is InChI=1S/C14H19IN2O/c1-2-17-8-4-7-13(17)10-16-14(18)11-5-3-6-12(15)9-11/h3,5-6,9,13H,2,4,7-8,10H2,1H3,(H,16,18)/t13-/m0/s1. The molecule has 1 N–H and O–H groups in total. The summed E-state index contributed by atoms with van der Waals surface area (Å²) < 4.78 is 1.09. The molecule has 1 aliphatic rings. The zero-order chi connectivity index (χ0) is 13.0. The number of amides is 1. The van der Waals surface area contributed by atoms with Gasteiger partial charge in [-0.1, -0.05) is 13.0 Å². The van der Waals surface area contributed by atoms with Gasteiger partial charge in [0.15, 0.2) is 0 Å². The van der Waals surface area contributed by atoms with Crippen molar-refractivity contribution < 1.29 is 4.79 Å². The van der Waals surface area contributed by atoms with E-state index in [1.165, 1.54) is 19.4 Å². The molecule has 98 valence electrons. The summed E-state index contributed by atoms with van der Waals surface area (Å²) in [5, 5.41) is 3.05. The molecule has 2 rings (SSSR count). The van der Waals surface area contributed by atoms with Crippen LogP contribution in [0.2, 0.25) is 0 Å². The number of carbonyl (C=O) groups is 1. The molecule has 1 heterocycles. The molecular weight excluding hydrogens is 339 g/mol. The van der Waals surface area contributed by atoms with Crippen LogP contribution < -0.4 is 5.32 Å². The van der Waals surface area contributed by atoms with Crippen molar-refractivity contribution in [3.8, 4) is 0 Å². The van der Waals surface area contributed by atoms with Crippen LogP contribution in [0.1, 0.15) is 30.1 Å². The van der Waals surface area contributed by atoms with Gasteiger partial charge in [0.25, 0.3) is 5.91 Å². The third kappa shape index (κ3) is 3.45. The van der Waals surface area contributed by atoms with Crippen molar-refractivity contribution >= 4 is 28.5 Å². The summed E-state index contributed by atoms with van der Waals surface area (Å²) in [6, 6.07) is 8.21. The summed E-state index contributed by atoms with van der Waals surface area (Å²) in [6.45, 7) is 5.18. The molecule has 4 heteroatoms. The Morgan fingerprint density at radius 3 is 3.11 bits per heavy atom. The molecule has 1 aromatic carbocycles. The second-order valence-electron chi connectivity index (χ2n) is 4.65. The maximum absolute atomic E-state index is 12.0. The van der Waals surface area contributed by atoms with Crippen LogP contribution >= 0.6 is 22.6 Å². The number of rotatable bonds is 4. The number of likely N-dealkylation sites (tertiary alicyclic amines) is 1. The molecule has 1 amide bonds. The predicted molar refractivity (Wildman–Crippen MR) is 81.8 cm³/mol. The van der Waals surface area contributed by atoms with Gasteiger partial charge in [0.2, 0.25) is 0 Å². The van der Waals surface area contributed by atoms with Gasteiger partial charge < -0.3 is 5.32 Å². The van der Waals surface area contributed by atoms with Gasteiger partial charge in [-0.05, 0) is 66.7 Å². The SMILES string of the molecule is CCN1CCC[C@H]1CNC(=O)c1cccc(I)c1. The van der Waals surface area contributed by atoms with Crippen LogP contribution in [0, 0.1) is 3.57 Å². The van der Waals surface area contributed by atoms with Crippen molar-refractivity contribution in [2.24, 2.45) is 0 Å². The number of likely N-dealkylation sites (N-methyl/N-ethyl adjacent to an activating group) is 1. The van der Waals surface area contributed by atoms with E-state index >= 15 is 0 Å². The number of halogens is 1. The molecule has 0 spiro atoms. The number of carbonyl (C=O) groups excluding carboxylic acids is 1. The average Bonchev–Trinajstić information content (AvgIpc) is 2.83. The highest BCUT2D eigenvalue weighted by atomic mass is 127. The van der Waals surface area contributed by atoms with Gasteiger partial charge in [0.1, 0.15) is 0 Å². The summed E-state index contributed by atoms with van der Waals surface area (Å²) in [7, 11) is 0. The zero-order valence-electron chi connectivity index (χ0n) is 10.7. The highest BCUT2D eigenvalue weighted by Crippen LogP contribution is 2.15. The number of hydrogen-bond donors (Lipinski definition) is 1. The number of hydrogen-bond acceptors (Lipinski definition) is 2. The van der Waals surface area contributed by atoms with Crippen molar-refractivity contribution in [1.29, 1.82) is 0 Å². The molecule has 1 atom stereocenters. The van der Waals surface area contributed by atoms with Crippen molar-refractivity contribution in [2.45, 2.75) is 25.8 Å². The lowest BCUT2D eigenvalue weighted by atomic mass is 10.2. The number of nitrogens with one attached hydrogen (secondary N) is 1. The van der Waals surface area contributed by atoms with Gasteiger partial charge in [-0.15, -0.1) is 0 Å². The Balaban J connectivity index is 1.88. The molecule has 18 heavy (non-hydrogen) atoms. The molecule has 0 saturated carbocycles. The molecular formula is C14H19IN2O. The monoisotopic (exact) mass is 358 g/mol. The Hall–Kier alpha value is -0.620. The van der Waals surface area contributed by atoms with Crippen LogP contribution in [0.25, 0.3) is 0 Å². The summed E-state index contributed by atoms with van der Waals surface area (Å²) >= 11 is 2.23. The fourth-order valence-electron chi connectivity index (χ4n) is 2.48. The molecule has 1 aliphatic heterocycles. The lowest BCUT2D eigenvalue weighted by Gasteiger charge is -2.22. The molecule has 0 bridgehead atoms. The molecule has 1 aromatic rings. The van der Waals surface area contributed by atoms with E-state index < -0.39 is 0 Å². The predicted octanol–water partition coefficient (Wildman–Crippen LogP) is 2.51. The molecule has 0 unspecified atom stereocenters. The first-order valence-corrected chi connectivity index (χ1v) is 7.56.